The topological polar surface area (TPSA) is 17.0 Å². The van der Waals surface area contributed by atoms with Crippen LogP contribution in [0.1, 0.15) is 5.56 Å². The number of hydrogen-bond acceptors (Lipinski definition) is 1. The Kier molecular flexibility index (Phi) is 4.37. The SMILES string of the molecule is [Cl-].c1ccc(C[n+]2coc(-c3ccccc3)c2)cc1. The number of benzene rings is 2. The summed E-state index contributed by atoms with van der Waals surface area (Å²) in [5.74, 6) is 0.895. The van der Waals surface area contributed by atoms with Gasteiger partial charge in [0, 0.05) is 11.1 Å². The van der Waals surface area contributed by atoms with Crippen molar-refractivity contribution < 1.29 is 21.4 Å². The van der Waals surface area contributed by atoms with E-state index in [1.54, 1.807) is 6.39 Å². The smallest absolute Gasteiger partial charge is 0.335 e. The highest BCUT2D eigenvalue weighted by Crippen LogP contribution is 2.16. The lowest BCUT2D eigenvalue weighted by Gasteiger charge is -1.92. The first-order valence-corrected chi connectivity index (χ1v) is 5.99. The monoisotopic (exact) mass is 271 g/mol. The number of hydrogen-bond donors (Lipinski definition) is 0. The predicted molar refractivity (Wildman–Crippen MR) is 69.9 cm³/mol. The van der Waals surface area contributed by atoms with Gasteiger partial charge < -0.3 is 16.8 Å². The molecule has 0 bridgehead atoms. The van der Waals surface area contributed by atoms with Crippen molar-refractivity contribution in [1.82, 2.24) is 0 Å². The van der Waals surface area contributed by atoms with E-state index in [2.05, 4.69) is 16.7 Å². The van der Waals surface area contributed by atoms with Crippen molar-refractivity contribution in [1.29, 1.82) is 0 Å². The number of nitrogens with zero attached hydrogens (tertiary/aromatic N) is 1. The molecule has 0 saturated carbocycles. The zero-order chi connectivity index (χ0) is 12.2. The first kappa shape index (κ1) is 13.4. The highest BCUT2D eigenvalue weighted by molar-refractivity contribution is 5.54. The average molecular weight is 272 g/mol. The molecule has 0 saturated heterocycles. The molecule has 2 nitrogen and oxygen atoms in total. The summed E-state index contributed by atoms with van der Waals surface area (Å²) in [6.07, 6.45) is 3.79. The van der Waals surface area contributed by atoms with Gasteiger partial charge >= 0.3 is 6.39 Å². The lowest BCUT2D eigenvalue weighted by molar-refractivity contribution is -0.691. The van der Waals surface area contributed by atoms with Crippen LogP contribution in [0, 0.1) is 0 Å². The van der Waals surface area contributed by atoms with Crippen LogP contribution in [0.4, 0.5) is 0 Å². The van der Waals surface area contributed by atoms with Crippen LogP contribution in [0.15, 0.2) is 77.7 Å². The zero-order valence-corrected chi connectivity index (χ0v) is 11.1. The summed E-state index contributed by atoms with van der Waals surface area (Å²) in [6.45, 7) is 0.831. The quantitative estimate of drug-likeness (QED) is 0.626. The number of aromatic nitrogens is 1. The molecule has 0 unspecified atom stereocenters. The van der Waals surface area contributed by atoms with Gasteiger partial charge in [0.05, 0.1) is 0 Å². The Morgan fingerprint density at radius 1 is 0.842 bits per heavy atom. The fraction of sp³-hybridized carbons (Fsp3) is 0.0625. The molecule has 0 spiro atoms. The lowest BCUT2D eigenvalue weighted by atomic mass is 10.2. The Bertz CT molecular complexity index is 620. The predicted octanol–water partition coefficient (Wildman–Crippen LogP) is 0.286. The van der Waals surface area contributed by atoms with Crippen LogP contribution in [-0.4, -0.2) is 0 Å². The van der Waals surface area contributed by atoms with Crippen molar-refractivity contribution in [2.24, 2.45) is 0 Å². The highest BCUT2D eigenvalue weighted by atomic mass is 35.5. The highest BCUT2D eigenvalue weighted by Gasteiger charge is 2.10. The van der Waals surface area contributed by atoms with Gasteiger partial charge in [-0.05, 0) is 0 Å². The molecule has 0 aliphatic rings. The van der Waals surface area contributed by atoms with Gasteiger partial charge in [0.15, 0.2) is 6.54 Å². The second-order valence-electron chi connectivity index (χ2n) is 4.24. The van der Waals surface area contributed by atoms with Gasteiger partial charge in [0.2, 0.25) is 12.0 Å². The van der Waals surface area contributed by atoms with E-state index < -0.39 is 0 Å². The summed E-state index contributed by atoms with van der Waals surface area (Å²) in [6, 6.07) is 20.5. The van der Waals surface area contributed by atoms with Gasteiger partial charge in [-0.15, -0.1) is 0 Å². The second kappa shape index (κ2) is 6.21. The zero-order valence-electron chi connectivity index (χ0n) is 10.4. The van der Waals surface area contributed by atoms with Gasteiger partial charge in [-0.3, -0.25) is 0 Å². The lowest BCUT2D eigenvalue weighted by Crippen LogP contribution is -3.00. The Morgan fingerprint density at radius 2 is 1.47 bits per heavy atom. The summed E-state index contributed by atoms with van der Waals surface area (Å²) < 4.78 is 7.64. The number of halogens is 1. The molecule has 3 rings (SSSR count). The van der Waals surface area contributed by atoms with Crippen molar-refractivity contribution >= 4 is 0 Å². The molecule has 3 aromatic rings. The Hall–Kier alpha value is -2.06. The molecule has 19 heavy (non-hydrogen) atoms. The van der Waals surface area contributed by atoms with Gasteiger partial charge in [0.25, 0.3) is 0 Å². The van der Waals surface area contributed by atoms with Crippen molar-refractivity contribution in [2.45, 2.75) is 6.54 Å². The van der Waals surface area contributed by atoms with E-state index in [1.807, 2.05) is 54.7 Å². The van der Waals surface area contributed by atoms with Crippen LogP contribution >= 0.6 is 0 Å². The maximum atomic E-state index is 5.59. The van der Waals surface area contributed by atoms with Crippen LogP contribution in [-0.2, 0) is 6.54 Å². The molecule has 0 aliphatic carbocycles. The molecule has 96 valence electrons. The molecule has 3 heteroatoms. The van der Waals surface area contributed by atoms with E-state index in [4.69, 9.17) is 4.42 Å². The molecule has 0 radical (unpaired) electrons. The first-order valence-electron chi connectivity index (χ1n) is 5.99. The van der Waals surface area contributed by atoms with Crippen LogP contribution in [0.5, 0.6) is 0 Å². The third-order valence-corrected chi connectivity index (χ3v) is 2.86. The Labute approximate surface area is 118 Å². The van der Waals surface area contributed by atoms with Crippen molar-refractivity contribution in [3.8, 4) is 11.3 Å². The number of rotatable bonds is 3. The minimum atomic E-state index is 0. The maximum Gasteiger partial charge on any atom is 0.335 e. The third kappa shape index (κ3) is 3.24. The molecule has 1 heterocycles. The van der Waals surface area contributed by atoms with Gasteiger partial charge in [0.1, 0.15) is 0 Å². The summed E-state index contributed by atoms with van der Waals surface area (Å²) in [7, 11) is 0. The summed E-state index contributed by atoms with van der Waals surface area (Å²) >= 11 is 0. The molecule has 0 amide bonds. The summed E-state index contributed by atoms with van der Waals surface area (Å²) in [4.78, 5) is 0. The van der Waals surface area contributed by atoms with E-state index in [1.165, 1.54) is 5.56 Å². The number of oxazole rings is 1. The first-order chi connectivity index (χ1) is 8.92. The molecule has 0 aliphatic heterocycles. The standard InChI is InChI=1S/C16H14NO.ClH/c1-3-7-14(8-4-1)11-17-12-16(18-13-17)15-9-5-2-6-10-15;/h1-10,12-13H,11H2;1H/q+1;/p-1. The third-order valence-electron chi connectivity index (χ3n) is 2.86. The van der Waals surface area contributed by atoms with Gasteiger partial charge in [-0.2, -0.15) is 4.57 Å². The fourth-order valence-electron chi connectivity index (χ4n) is 1.96. The largest absolute Gasteiger partial charge is 1.00 e. The summed E-state index contributed by atoms with van der Waals surface area (Å²) in [5, 5.41) is 0. The van der Waals surface area contributed by atoms with Gasteiger partial charge in [-0.1, -0.05) is 60.7 Å². The minimum Gasteiger partial charge on any atom is -1.00 e. The van der Waals surface area contributed by atoms with Gasteiger partial charge in [-0.25, -0.2) is 0 Å². The molecule has 0 N–H and O–H groups in total. The summed E-state index contributed by atoms with van der Waals surface area (Å²) in [5.41, 5.74) is 2.37. The second-order valence-corrected chi connectivity index (χ2v) is 4.24. The minimum absolute atomic E-state index is 0. The molecule has 0 atom stereocenters. The Balaban J connectivity index is 0.00000133. The molecule has 0 fully saturated rings. The molecule has 2 aromatic carbocycles. The van der Waals surface area contributed by atoms with Crippen LogP contribution < -0.4 is 17.0 Å². The van der Waals surface area contributed by atoms with Crippen LogP contribution in [0.3, 0.4) is 0 Å². The average Bonchev–Trinajstić information content (AvgIpc) is 2.89. The van der Waals surface area contributed by atoms with Crippen molar-refractivity contribution in [2.75, 3.05) is 0 Å². The van der Waals surface area contributed by atoms with Crippen molar-refractivity contribution in [3.63, 3.8) is 0 Å². The van der Waals surface area contributed by atoms with E-state index in [9.17, 15) is 0 Å². The van der Waals surface area contributed by atoms with E-state index in [0.717, 1.165) is 17.9 Å². The van der Waals surface area contributed by atoms with Crippen LogP contribution in [0.2, 0.25) is 0 Å². The van der Waals surface area contributed by atoms with E-state index >= 15 is 0 Å². The fourth-order valence-corrected chi connectivity index (χ4v) is 1.96. The maximum absolute atomic E-state index is 5.59. The van der Waals surface area contributed by atoms with Crippen molar-refractivity contribution in [3.05, 3.63) is 78.8 Å². The van der Waals surface area contributed by atoms with E-state index in [0.29, 0.717) is 0 Å². The molecular weight excluding hydrogens is 258 g/mol. The molecule has 1 aromatic heterocycles. The normalized spacial score (nSPS) is 9.89. The van der Waals surface area contributed by atoms with Crippen LogP contribution in [0.25, 0.3) is 11.3 Å². The van der Waals surface area contributed by atoms with E-state index in [-0.39, 0.29) is 12.4 Å². The molecular formula is C16H14ClNO. The Morgan fingerprint density at radius 3 is 2.16 bits per heavy atom.